The first-order valence-electron chi connectivity index (χ1n) is 6.95. The molecule has 0 radical (unpaired) electrons. The van der Waals surface area contributed by atoms with Gasteiger partial charge in [0.15, 0.2) is 0 Å². The normalized spacial score (nSPS) is 12.4. The molecule has 0 saturated heterocycles. The average molecular weight is 332 g/mol. The minimum Gasteiger partial charge on any atom is -0.379 e. The predicted molar refractivity (Wildman–Crippen MR) is 86.9 cm³/mol. The van der Waals surface area contributed by atoms with Crippen molar-refractivity contribution in [3.8, 4) is 0 Å². The number of carbonyl (C=O) groups excluding carboxylic acids is 1. The van der Waals surface area contributed by atoms with Gasteiger partial charge in [-0.05, 0) is 38.0 Å². The van der Waals surface area contributed by atoms with Crippen LogP contribution in [0.2, 0.25) is 5.02 Å². The van der Waals surface area contributed by atoms with Crippen LogP contribution >= 0.6 is 11.6 Å². The van der Waals surface area contributed by atoms with Crippen molar-refractivity contribution in [2.24, 2.45) is 0 Å². The molecular formula is C15H22ClNO3S. The van der Waals surface area contributed by atoms with Gasteiger partial charge in [0.05, 0.1) is 6.10 Å². The molecule has 0 spiro atoms. The predicted octanol–water partition coefficient (Wildman–Crippen LogP) is 2.52. The topological polar surface area (TPSA) is 55.4 Å². The fourth-order valence-electron chi connectivity index (χ4n) is 1.68. The Kier molecular flexibility index (Phi) is 8.57. The van der Waals surface area contributed by atoms with Gasteiger partial charge in [-0.1, -0.05) is 23.7 Å². The molecule has 1 aromatic carbocycles. The largest absolute Gasteiger partial charge is 0.379 e. The Bertz CT molecular complexity index is 480. The van der Waals surface area contributed by atoms with Crippen LogP contribution in [0.5, 0.6) is 0 Å². The maximum Gasteiger partial charge on any atom is 0.232 e. The minimum absolute atomic E-state index is 0.0115. The van der Waals surface area contributed by atoms with Gasteiger partial charge in [0.2, 0.25) is 5.91 Å². The average Bonchev–Trinajstić information content (AvgIpc) is 2.37. The summed E-state index contributed by atoms with van der Waals surface area (Å²) in [5, 5.41) is 3.36. The van der Waals surface area contributed by atoms with Gasteiger partial charge in [-0.2, -0.15) is 0 Å². The van der Waals surface area contributed by atoms with Gasteiger partial charge in [0.25, 0.3) is 0 Å². The Balaban J connectivity index is 2.20. The van der Waals surface area contributed by atoms with E-state index in [-0.39, 0.29) is 17.8 Å². The molecule has 0 unspecified atom stereocenters. The zero-order chi connectivity index (χ0) is 15.7. The van der Waals surface area contributed by atoms with Gasteiger partial charge in [-0.3, -0.25) is 9.00 Å². The molecule has 0 saturated carbocycles. The van der Waals surface area contributed by atoms with Crippen molar-refractivity contribution >= 4 is 28.3 Å². The summed E-state index contributed by atoms with van der Waals surface area (Å²) >= 11 is 5.86. The number of amides is 1. The molecule has 0 bridgehead atoms. The van der Waals surface area contributed by atoms with E-state index < -0.39 is 10.8 Å². The Morgan fingerprint density at radius 3 is 2.86 bits per heavy atom. The number of rotatable bonds is 9. The van der Waals surface area contributed by atoms with Crippen molar-refractivity contribution in [2.45, 2.75) is 32.1 Å². The first-order chi connectivity index (χ1) is 9.97. The van der Waals surface area contributed by atoms with E-state index in [1.807, 2.05) is 26.0 Å². The Hall–Kier alpha value is -0.910. The number of hydrogen-bond acceptors (Lipinski definition) is 3. The Morgan fingerprint density at radius 1 is 1.43 bits per heavy atom. The summed E-state index contributed by atoms with van der Waals surface area (Å²) in [5.74, 6) is 0.155. The van der Waals surface area contributed by atoms with E-state index in [9.17, 15) is 9.00 Å². The lowest BCUT2D eigenvalue weighted by atomic mass is 10.2. The molecule has 1 aromatic rings. The van der Waals surface area contributed by atoms with Crippen LogP contribution in [-0.2, 0) is 26.1 Å². The van der Waals surface area contributed by atoms with E-state index in [2.05, 4.69) is 5.32 Å². The highest BCUT2D eigenvalue weighted by atomic mass is 35.5. The molecule has 0 aliphatic carbocycles. The van der Waals surface area contributed by atoms with E-state index in [0.29, 0.717) is 23.9 Å². The lowest BCUT2D eigenvalue weighted by Crippen LogP contribution is -2.30. The summed E-state index contributed by atoms with van der Waals surface area (Å²) in [6.07, 6.45) is 0.955. The van der Waals surface area contributed by atoms with E-state index >= 15 is 0 Å². The van der Waals surface area contributed by atoms with Crippen molar-refractivity contribution in [3.05, 3.63) is 34.9 Å². The Labute approximate surface area is 133 Å². The minimum atomic E-state index is -1.23. The molecule has 0 fully saturated rings. The second kappa shape index (κ2) is 9.92. The smallest absolute Gasteiger partial charge is 0.232 e. The highest BCUT2D eigenvalue weighted by molar-refractivity contribution is 7.84. The van der Waals surface area contributed by atoms with Gasteiger partial charge >= 0.3 is 0 Å². The monoisotopic (exact) mass is 331 g/mol. The number of carbonyl (C=O) groups is 1. The summed E-state index contributed by atoms with van der Waals surface area (Å²) in [6.45, 7) is 5.10. The molecule has 1 atom stereocenters. The van der Waals surface area contributed by atoms with Crippen LogP contribution < -0.4 is 5.32 Å². The third-order valence-electron chi connectivity index (χ3n) is 2.60. The van der Waals surface area contributed by atoms with Crippen LogP contribution in [0.15, 0.2) is 24.3 Å². The number of benzene rings is 1. The van der Waals surface area contributed by atoms with Gasteiger partial charge in [0, 0.05) is 34.7 Å². The van der Waals surface area contributed by atoms with E-state index in [0.717, 1.165) is 12.0 Å². The summed E-state index contributed by atoms with van der Waals surface area (Å²) < 4.78 is 17.3. The molecule has 1 rings (SSSR count). The molecule has 0 aliphatic rings. The molecule has 0 heterocycles. The number of nitrogens with one attached hydrogen (secondary N) is 1. The lowest BCUT2D eigenvalue weighted by Gasteiger charge is -2.08. The fourth-order valence-corrected chi connectivity index (χ4v) is 2.94. The summed E-state index contributed by atoms with van der Waals surface area (Å²) in [5.41, 5.74) is 0.874. The van der Waals surface area contributed by atoms with E-state index in [1.54, 1.807) is 12.1 Å². The van der Waals surface area contributed by atoms with Crippen LogP contribution in [0.25, 0.3) is 0 Å². The van der Waals surface area contributed by atoms with Crippen LogP contribution in [0.4, 0.5) is 0 Å². The summed E-state index contributed by atoms with van der Waals surface area (Å²) in [7, 11) is -1.23. The van der Waals surface area contributed by atoms with Gasteiger partial charge in [-0.25, -0.2) is 0 Å². The molecule has 6 heteroatoms. The van der Waals surface area contributed by atoms with Gasteiger partial charge in [-0.15, -0.1) is 0 Å². The maximum absolute atomic E-state index is 11.9. The van der Waals surface area contributed by atoms with Crippen molar-refractivity contribution in [1.29, 1.82) is 0 Å². The molecule has 0 aliphatic heterocycles. The van der Waals surface area contributed by atoms with Gasteiger partial charge in [0.1, 0.15) is 5.75 Å². The second-order valence-electron chi connectivity index (χ2n) is 4.98. The first kappa shape index (κ1) is 18.1. The quantitative estimate of drug-likeness (QED) is 0.707. The third kappa shape index (κ3) is 8.86. The second-order valence-corrected chi connectivity index (χ2v) is 6.87. The SMILES string of the molecule is CC(C)OCCCNC(=O)C[S@](=O)Cc1cccc(Cl)c1. The standard InChI is InChI=1S/C15H22ClNO3S/c1-12(2)20-8-4-7-17-15(18)11-21(19)10-13-5-3-6-14(16)9-13/h3,5-6,9,12H,4,7-8,10-11H2,1-2H3,(H,17,18)/t21-/m1/s1. The fraction of sp³-hybridized carbons (Fsp3) is 0.533. The molecule has 1 amide bonds. The molecule has 4 nitrogen and oxygen atoms in total. The number of hydrogen-bond donors (Lipinski definition) is 1. The molecule has 1 N–H and O–H groups in total. The number of ether oxygens (including phenoxy) is 1. The zero-order valence-corrected chi connectivity index (χ0v) is 14.0. The molecule has 0 aromatic heterocycles. The van der Waals surface area contributed by atoms with Crippen molar-refractivity contribution < 1.29 is 13.7 Å². The van der Waals surface area contributed by atoms with Crippen LogP contribution in [0.3, 0.4) is 0 Å². The highest BCUT2D eigenvalue weighted by Crippen LogP contribution is 2.12. The zero-order valence-electron chi connectivity index (χ0n) is 12.4. The third-order valence-corrected chi connectivity index (χ3v) is 4.08. The van der Waals surface area contributed by atoms with Crippen LogP contribution in [-0.4, -0.2) is 35.1 Å². The molecule has 118 valence electrons. The summed E-state index contributed by atoms with van der Waals surface area (Å²) in [4.78, 5) is 11.6. The van der Waals surface area contributed by atoms with E-state index in [1.165, 1.54) is 0 Å². The van der Waals surface area contributed by atoms with Crippen molar-refractivity contribution in [3.63, 3.8) is 0 Å². The Morgan fingerprint density at radius 2 is 2.19 bits per heavy atom. The lowest BCUT2D eigenvalue weighted by molar-refractivity contribution is -0.118. The highest BCUT2D eigenvalue weighted by Gasteiger charge is 2.08. The first-order valence-corrected chi connectivity index (χ1v) is 8.81. The van der Waals surface area contributed by atoms with Crippen LogP contribution in [0, 0.1) is 0 Å². The van der Waals surface area contributed by atoms with Gasteiger partial charge < -0.3 is 10.1 Å². The molecular weight excluding hydrogens is 310 g/mol. The van der Waals surface area contributed by atoms with Crippen molar-refractivity contribution in [2.75, 3.05) is 18.9 Å². The maximum atomic E-state index is 11.9. The molecule has 21 heavy (non-hydrogen) atoms. The van der Waals surface area contributed by atoms with Crippen molar-refractivity contribution in [1.82, 2.24) is 5.32 Å². The number of halogens is 1. The van der Waals surface area contributed by atoms with Crippen LogP contribution in [0.1, 0.15) is 25.8 Å². The summed E-state index contributed by atoms with van der Waals surface area (Å²) in [6, 6.07) is 7.19. The van der Waals surface area contributed by atoms with E-state index in [4.69, 9.17) is 16.3 Å².